The quantitative estimate of drug-likeness (QED) is 0.607. The lowest BCUT2D eigenvalue weighted by Gasteiger charge is -2.17. The molecule has 23 heavy (non-hydrogen) atoms. The lowest BCUT2D eigenvalue weighted by Crippen LogP contribution is -2.24. The SMILES string of the molecule is CC[C@@H](C)Sc1nc2c(c(=O)n1-c1cc(C)cc(C)c1)SCC2. The van der Waals surface area contributed by atoms with Gasteiger partial charge in [0.1, 0.15) is 0 Å². The van der Waals surface area contributed by atoms with Crippen LogP contribution in [0.3, 0.4) is 0 Å². The van der Waals surface area contributed by atoms with E-state index in [9.17, 15) is 4.79 Å². The average Bonchev–Trinajstić information content (AvgIpc) is 2.94. The van der Waals surface area contributed by atoms with Crippen molar-refractivity contribution in [2.75, 3.05) is 5.75 Å². The zero-order valence-corrected chi connectivity index (χ0v) is 15.7. The van der Waals surface area contributed by atoms with Crippen molar-refractivity contribution in [2.45, 2.75) is 55.8 Å². The lowest BCUT2D eigenvalue weighted by molar-refractivity contribution is 0.733. The van der Waals surface area contributed by atoms with Crippen LogP contribution in [0.5, 0.6) is 0 Å². The topological polar surface area (TPSA) is 34.9 Å². The van der Waals surface area contributed by atoms with Gasteiger partial charge in [0.05, 0.1) is 16.3 Å². The van der Waals surface area contributed by atoms with Gasteiger partial charge in [-0.15, -0.1) is 11.8 Å². The monoisotopic (exact) mass is 346 g/mol. The lowest BCUT2D eigenvalue weighted by atomic mass is 10.1. The molecule has 5 heteroatoms. The number of benzene rings is 1. The normalized spacial score (nSPS) is 14.8. The van der Waals surface area contributed by atoms with Crippen LogP contribution < -0.4 is 5.56 Å². The molecule has 3 rings (SSSR count). The minimum Gasteiger partial charge on any atom is -0.268 e. The Bertz CT molecular complexity index is 778. The van der Waals surface area contributed by atoms with Crippen LogP contribution in [-0.4, -0.2) is 20.6 Å². The van der Waals surface area contributed by atoms with E-state index in [1.165, 1.54) is 11.1 Å². The van der Waals surface area contributed by atoms with Crippen LogP contribution >= 0.6 is 23.5 Å². The van der Waals surface area contributed by atoms with E-state index in [4.69, 9.17) is 4.98 Å². The van der Waals surface area contributed by atoms with Crippen molar-refractivity contribution in [2.24, 2.45) is 0 Å². The van der Waals surface area contributed by atoms with Gasteiger partial charge in [-0.3, -0.25) is 9.36 Å². The molecule has 0 amide bonds. The summed E-state index contributed by atoms with van der Waals surface area (Å²) in [5.74, 6) is 0.960. The van der Waals surface area contributed by atoms with Crippen molar-refractivity contribution in [1.82, 2.24) is 9.55 Å². The largest absolute Gasteiger partial charge is 0.272 e. The smallest absolute Gasteiger partial charge is 0.268 e. The first-order chi connectivity index (χ1) is 11.0. The molecule has 1 aliphatic rings. The molecule has 0 unspecified atom stereocenters. The summed E-state index contributed by atoms with van der Waals surface area (Å²) in [5, 5.41) is 1.27. The second-order valence-corrected chi connectivity index (χ2v) is 8.60. The molecule has 3 nitrogen and oxygen atoms in total. The van der Waals surface area contributed by atoms with Gasteiger partial charge in [-0.05, 0) is 43.5 Å². The van der Waals surface area contributed by atoms with Gasteiger partial charge in [0.2, 0.25) is 0 Å². The number of thioether (sulfide) groups is 2. The minimum absolute atomic E-state index is 0.0910. The highest BCUT2D eigenvalue weighted by Gasteiger charge is 2.23. The second kappa shape index (κ2) is 6.73. The highest BCUT2D eigenvalue weighted by molar-refractivity contribution is 8.00. The van der Waals surface area contributed by atoms with Gasteiger partial charge in [0.25, 0.3) is 5.56 Å². The Morgan fingerprint density at radius 3 is 2.65 bits per heavy atom. The number of nitrogens with zero attached hydrogens (tertiary/aromatic N) is 2. The van der Waals surface area contributed by atoms with Gasteiger partial charge >= 0.3 is 0 Å². The molecule has 2 aromatic rings. The summed E-state index contributed by atoms with van der Waals surface area (Å²) >= 11 is 3.34. The zero-order valence-electron chi connectivity index (χ0n) is 14.0. The molecule has 0 saturated heterocycles. The Kier molecular flexibility index (Phi) is 4.87. The van der Waals surface area contributed by atoms with Crippen LogP contribution in [0.2, 0.25) is 0 Å². The van der Waals surface area contributed by atoms with E-state index < -0.39 is 0 Å². The molecule has 1 atom stereocenters. The molecular weight excluding hydrogens is 324 g/mol. The van der Waals surface area contributed by atoms with Gasteiger partial charge in [-0.2, -0.15) is 0 Å². The molecule has 0 saturated carbocycles. The van der Waals surface area contributed by atoms with E-state index in [1.807, 2.05) is 4.57 Å². The van der Waals surface area contributed by atoms with Crippen molar-refractivity contribution >= 4 is 23.5 Å². The molecule has 1 aliphatic heterocycles. The average molecular weight is 347 g/mol. The number of aryl methyl sites for hydroxylation is 3. The van der Waals surface area contributed by atoms with E-state index in [0.717, 1.165) is 40.0 Å². The zero-order chi connectivity index (χ0) is 16.6. The molecule has 0 N–H and O–H groups in total. The van der Waals surface area contributed by atoms with Crippen molar-refractivity contribution < 1.29 is 0 Å². The summed E-state index contributed by atoms with van der Waals surface area (Å²) in [6.07, 6.45) is 1.95. The van der Waals surface area contributed by atoms with Crippen molar-refractivity contribution in [3.05, 3.63) is 45.4 Å². The Morgan fingerprint density at radius 2 is 2.00 bits per heavy atom. The van der Waals surface area contributed by atoms with Gasteiger partial charge in [-0.1, -0.05) is 31.7 Å². The summed E-state index contributed by atoms with van der Waals surface area (Å²) in [6, 6.07) is 6.27. The molecule has 122 valence electrons. The Morgan fingerprint density at radius 1 is 1.30 bits per heavy atom. The number of fused-ring (bicyclic) bond motifs is 1. The standard InChI is InChI=1S/C18H22N2OS2/c1-5-13(4)23-18-19-15-6-7-22-16(15)17(21)20(18)14-9-11(2)8-12(3)10-14/h8-10,13H,5-7H2,1-4H3/t13-/m1/s1. The predicted molar refractivity (Wildman–Crippen MR) is 99.3 cm³/mol. The Balaban J connectivity index is 2.22. The maximum Gasteiger partial charge on any atom is 0.272 e. The molecule has 2 heterocycles. The summed E-state index contributed by atoms with van der Waals surface area (Å²) in [5.41, 5.74) is 4.33. The summed E-state index contributed by atoms with van der Waals surface area (Å²) < 4.78 is 1.81. The van der Waals surface area contributed by atoms with E-state index in [1.54, 1.807) is 23.5 Å². The predicted octanol–water partition coefficient (Wildman–Crippen LogP) is 4.39. The molecule has 1 aromatic heterocycles. The third-order valence-electron chi connectivity index (χ3n) is 4.01. The molecule has 1 aromatic carbocycles. The van der Waals surface area contributed by atoms with Crippen LogP contribution in [0.1, 0.15) is 37.1 Å². The third-order valence-corrected chi connectivity index (χ3v) is 6.34. The van der Waals surface area contributed by atoms with Crippen LogP contribution in [0.15, 0.2) is 33.0 Å². The summed E-state index contributed by atoms with van der Waals surface area (Å²) in [6.45, 7) is 8.49. The van der Waals surface area contributed by atoms with Crippen LogP contribution in [0.4, 0.5) is 0 Å². The highest BCUT2D eigenvalue weighted by atomic mass is 32.2. The van der Waals surface area contributed by atoms with Gasteiger partial charge in [0, 0.05) is 17.4 Å². The first kappa shape index (κ1) is 16.7. The van der Waals surface area contributed by atoms with Gasteiger partial charge in [0.15, 0.2) is 5.16 Å². The molecule has 0 bridgehead atoms. The third kappa shape index (κ3) is 3.36. The number of hydrogen-bond acceptors (Lipinski definition) is 4. The van der Waals surface area contributed by atoms with Crippen LogP contribution in [0.25, 0.3) is 5.69 Å². The van der Waals surface area contributed by atoms with E-state index in [-0.39, 0.29) is 5.56 Å². The number of hydrogen-bond donors (Lipinski definition) is 0. The fraction of sp³-hybridized carbons (Fsp3) is 0.444. The van der Waals surface area contributed by atoms with Crippen molar-refractivity contribution in [3.63, 3.8) is 0 Å². The maximum atomic E-state index is 13.1. The van der Waals surface area contributed by atoms with E-state index >= 15 is 0 Å². The second-order valence-electron chi connectivity index (χ2n) is 6.09. The highest BCUT2D eigenvalue weighted by Crippen LogP contribution is 2.32. The summed E-state index contributed by atoms with van der Waals surface area (Å²) in [7, 11) is 0. The fourth-order valence-electron chi connectivity index (χ4n) is 2.74. The molecule has 0 aliphatic carbocycles. The first-order valence-electron chi connectivity index (χ1n) is 8.03. The first-order valence-corrected chi connectivity index (χ1v) is 9.90. The number of rotatable bonds is 4. The Labute approximate surface area is 145 Å². The van der Waals surface area contributed by atoms with Gasteiger partial charge in [-0.25, -0.2) is 4.98 Å². The fourth-order valence-corrected chi connectivity index (χ4v) is 4.75. The molecule has 0 spiro atoms. The van der Waals surface area contributed by atoms with Gasteiger partial charge < -0.3 is 0 Å². The van der Waals surface area contributed by atoms with Crippen molar-refractivity contribution in [3.8, 4) is 5.69 Å². The van der Waals surface area contributed by atoms with Crippen LogP contribution in [-0.2, 0) is 6.42 Å². The Hall–Kier alpha value is -1.20. The maximum absolute atomic E-state index is 13.1. The molecule has 0 fully saturated rings. The van der Waals surface area contributed by atoms with E-state index in [2.05, 4.69) is 45.9 Å². The molecular formula is C18H22N2OS2. The minimum atomic E-state index is 0.0910. The van der Waals surface area contributed by atoms with E-state index in [0.29, 0.717) is 5.25 Å². The number of aromatic nitrogens is 2. The molecule has 0 radical (unpaired) electrons. The van der Waals surface area contributed by atoms with Crippen LogP contribution in [0, 0.1) is 13.8 Å². The summed E-state index contributed by atoms with van der Waals surface area (Å²) in [4.78, 5) is 18.7. The van der Waals surface area contributed by atoms with Crippen molar-refractivity contribution in [1.29, 1.82) is 0 Å².